The standard InChI is InChI=1S/C31H39N3O4S/c1-5-24(3)32-31(36)29(21-25-15-9-7-10-16-25)33(22-26-17-11-8-12-18-26)30(35)23-34(39(4,37)38)28-20-14-13-19-27(28)6-2/h7-20,24,29H,5-6,21-23H2,1-4H3,(H,32,36)/t24-,29-/m1/s1. The molecule has 208 valence electrons. The monoisotopic (exact) mass is 549 g/mol. The van der Waals surface area contributed by atoms with Gasteiger partial charge < -0.3 is 10.2 Å². The van der Waals surface area contributed by atoms with Gasteiger partial charge in [0.05, 0.1) is 11.9 Å². The number of anilines is 1. The molecule has 3 aromatic carbocycles. The lowest BCUT2D eigenvalue weighted by Gasteiger charge is -2.34. The lowest BCUT2D eigenvalue weighted by atomic mass is 10.0. The zero-order chi connectivity index (χ0) is 28.4. The number of benzene rings is 3. The quantitative estimate of drug-likeness (QED) is 0.338. The van der Waals surface area contributed by atoms with E-state index >= 15 is 0 Å². The molecule has 0 saturated heterocycles. The molecule has 0 aromatic heterocycles. The zero-order valence-corrected chi connectivity index (χ0v) is 24.0. The molecule has 0 spiro atoms. The van der Waals surface area contributed by atoms with Crippen LogP contribution in [-0.2, 0) is 39.0 Å². The molecule has 8 heteroatoms. The van der Waals surface area contributed by atoms with Crippen LogP contribution in [0.15, 0.2) is 84.9 Å². The van der Waals surface area contributed by atoms with E-state index in [9.17, 15) is 18.0 Å². The first-order chi connectivity index (χ1) is 18.6. The Morgan fingerprint density at radius 3 is 1.97 bits per heavy atom. The van der Waals surface area contributed by atoms with Gasteiger partial charge in [-0.25, -0.2) is 8.42 Å². The number of nitrogens with one attached hydrogen (secondary N) is 1. The van der Waals surface area contributed by atoms with Crippen molar-refractivity contribution < 1.29 is 18.0 Å². The highest BCUT2D eigenvalue weighted by Crippen LogP contribution is 2.24. The summed E-state index contributed by atoms with van der Waals surface area (Å²) in [4.78, 5) is 29.3. The van der Waals surface area contributed by atoms with Crippen LogP contribution >= 0.6 is 0 Å². The molecule has 39 heavy (non-hydrogen) atoms. The molecule has 3 aromatic rings. The fraction of sp³-hybridized carbons (Fsp3) is 0.355. The van der Waals surface area contributed by atoms with Crippen LogP contribution in [0.4, 0.5) is 5.69 Å². The number of nitrogens with zero attached hydrogens (tertiary/aromatic N) is 2. The summed E-state index contributed by atoms with van der Waals surface area (Å²) in [6.07, 6.45) is 2.75. The molecular formula is C31H39N3O4S. The van der Waals surface area contributed by atoms with Crippen LogP contribution < -0.4 is 9.62 Å². The number of para-hydroxylation sites is 1. The normalized spacial score (nSPS) is 12.8. The van der Waals surface area contributed by atoms with Crippen molar-refractivity contribution in [3.05, 3.63) is 102 Å². The van der Waals surface area contributed by atoms with Gasteiger partial charge >= 0.3 is 0 Å². The number of carbonyl (C=O) groups excluding carboxylic acids is 2. The number of carbonyl (C=O) groups is 2. The molecule has 0 heterocycles. The van der Waals surface area contributed by atoms with Crippen LogP contribution in [0, 0.1) is 0 Å². The predicted octanol–water partition coefficient (Wildman–Crippen LogP) is 4.57. The summed E-state index contributed by atoms with van der Waals surface area (Å²) in [5.74, 6) is -0.715. The van der Waals surface area contributed by atoms with Crippen molar-refractivity contribution in [1.82, 2.24) is 10.2 Å². The third-order valence-electron chi connectivity index (χ3n) is 6.79. The van der Waals surface area contributed by atoms with Crippen LogP contribution in [0.25, 0.3) is 0 Å². The van der Waals surface area contributed by atoms with Crippen molar-refractivity contribution >= 4 is 27.5 Å². The lowest BCUT2D eigenvalue weighted by Crippen LogP contribution is -2.54. The SMILES string of the molecule is CCc1ccccc1N(CC(=O)N(Cc1ccccc1)[C@H](Cc1ccccc1)C(=O)N[C@H](C)CC)S(C)(=O)=O. The Balaban J connectivity index is 2.06. The second-order valence-corrected chi connectivity index (χ2v) is 11.7. The average Bonchev–Trinajstić information content (AvgIpc) is 2.93. The van der Waals surface area contributed by atoms with Crippen LogP contribution in [0.3, 0.4) is 0 Å². The highest BCUT2D eigenvalue weighted by molar-refractivity contribution is 7.92. The summed E-state index contributed by atoms with van der Waals surface area (Å²) in [6.45, 7) is 5.60. The summed E-state index contributed by atoms with van der Waals surface area (Å²) in [6, 6.07) is 25.3. The van der Waals surface area contributed by atoms with Crippen molar-refractivity contribution in [2.75, 3.05) is 17.1 Å². The molecule has 2 amide bonds. The maximum atomic E-state index is 14.1. The van der Waals surface area contributed by atoms with E-state index in [2.05, 4.69) is 5.32 Å². The Kier molecular flexibility index (Phi) is 10.7. The molecule has 0 bridgehead atoms. The number of hydrogen-bond donors (Lipinski definition) is 1. The largest absolute Gasteiger partial charge is 0.352 e. The van der Waals surface area contributed by atoms with E-state index in [-0.39, 0.29) is 18.5 Å². The lowest BCUT2D eigenvalue weighted by molar-refractivity contribution is -0.140. The Bertz CT molecular complexity index is 1330. The molecule has 0 radical (unpaired) electrons. The summed E-state index contributed by atoms with van der Waals surface area (Å²) in [5, 5.41) is 3.04. The first kappa shape index (κ1) is 29.9. The predicted molar refractivity (Wildman–Crippen MR) is 157 cm³/mol. The average molecular weight is 550 g/mol. The van der Waals surface area contributed by atoms with Gasteiger partial charge in [0.2, 0.25) is 21.8 Å². The van der Waals surface area contributed by atoms with E-state index in [0.717, 1.165) is 33.7 Å². The van der Waals surface area contributed by atoms with E-state index in [4.69, 9.17) is 0 Å². The Morgan fingerprint density at radius 1 is 0.846 bits per heavy atom. The minimum absolute atomic E-state index is 0.0756. The maximum absolute atomic E-state index is 14.1. The fourth-order valence-electron chi connectivity index (χ4n) is 4.42. The van der Waals surface area contributed by atoms with E-state index in [1.807, 2.05) is 93.6 Å². The van der Waals surface area contributed by atoms with Gasteiger partial charge in [-0.05, 0) is 42.5 Å². The van der Waals surface area contributed by atoms with E-state index in [1.165, 1.54) is 4.90 Å². The van der Waals surface area contributed by atoms with Crippen molar-refractivity contribution in [3.63, 3.8) is 0 Å². The molecule has 2 atom stereocenters. The number of aryl methyl sites for hydroxylation is 1. The smallest absolute Gasteiger partial charge is 0.244 e. The van der Waals surface area contributed by atoms with E-state index in [1.54, 1.807) is 12.1 Å². The first-order valence-electron chi connectivity index (χ1n) is 13.4. The molecule has 0 unspecified atom stereocenters. The van der Waals surface area contributed by atoms with Crippen molar-refractivity contribution in [2.24, 2.45) is 0 Å². The molecule has 0 aliphatic carbocycles. The summed E-state index contributed by atoms with van der Waals surface area (Å²) >= 11 is 0. The molecule has 0 aliphatic rings. The topological polar surface area (TPSA) is 86.8 Å². The minimum atomic E-state index is -3.79. The zero-order valence-electron chi connectivity index (χ0n) is 23.2. The number of rotatable bonds is 13. The highest BCUT2D eigenvalue weighted by atomic mass is 32.2. The third kappa shape index (κ3) is 8.42. The number of hydrogen-bond acceptors (Lipinski definition) is 4. The number of amides is 2. The van der Waals surface area contributed by atoms with Crippen LogP contribution in [0.1, 0.15) is 43.9 Å². The number of sulfonamides is 1. The Morgan fingerprint density at radius 2 is 1.41 bits per heavy atom. The van der Waals surface area contributed by atoms with Gasteiger partial charge in [-0.15, -0.1) is 0 Å². The Labute approximate surface area is 232 Å². The molecule has 7 nitrogen and oxygen atoms in total. The molecular weight excluding hydrogens is 510 g/mol. The second-order valence-electron chi connectivity index (χ2n) is 9.78. The molecule has 3 rings (SSSR count). The van der Waals surface area contributed by atoms with Crippen molar-refractivity contribution in [1.29, 1.82) is 0 Å². The second kappa shape index (κ2) is 13.9. The van der Waals surface area contributed by atoms with E-state index < -0.39 is 28.5 Å². The molecule has 0 saturated carbocycles. The molecule has 0 aliphatic heterocycles. The van der Waals surface area contributed by atoms with Gasteiger partial charge in [-0.3, -0.25) is 13.9 Å². The fourth-order valence-corrected chi connectivity index (χ4v) is 5.30. The van der Waals surface area contributed by atoms with Gasteiger partial charge in [0.1, 0.15) is 12.6 Å². The summed E-state index contributed by atoms with van der Waals surface area (Å²) in [5.41, 5.74) is 3.05. The summed E-state index contributed by atoms with van der Waals surface area (Å²) < 4.78 is 27.1. The minimum Gasteiger partial charge on any atom is -0.352 e. The van der Waals surface area contributed by atoms with Gasteiger partial charge in [0.25, 0.3) is 0 Å². The van der Waals surface area contributed by atoms with Gasteiger partial charge in [0.15, 0.2) is 0 Å². The van der Waals surface area contributed by atoms with Gasteiger partial charge in [-0.2, -0.15) is 0 Å². The molecule has 0 fully saturated rings. The molecule has 1 N–H and O–H groups in total. The third-order valence-corrected chi connectivity index (χ3v) is 7.91. The van der Waals surface area contributed by atoms with Gasteiger partial charge in [-0.1, -0.05) is 92.7 Å². The summed E-state index contributed by atoms with van der Waals surface area (Å²) in [7, 11) is -3.79. The van der Waals surface area contributed by atoms with Crippen molar-refractivity contribution in [3.8, 4) is 0 Å². The first-order valence-corrected chi connectivity index (χ1v) is 15.2. The van der Waals surface area contributed by atoms with Crippen LogP contribution in [0.2, 0.25) is 0 Å². The van der Waals surface area contributed by atoms with Crippen molar-refractivity contribution in [2.45, 2.75) is 58.7 Å². The van der Waals surface area contributed by atoms with Gasteiger partial charge in [0, 0.05) is 19.0 Å². The highest BCUT2D eigenvalue weighted by Gasteiger charge is 2.33. The van der Waals surface area contributed by atoms with Crippen LogP contribution in [0.5, 0.6) is 0 Å². The van der Waals surface area contributed by atoms with E-state index in [0.29, 0.717) is 18.5 Å². The maximum Gasteiger partial charge on any atom is 0.244 e. The Hall–Kier alpha value is -3.65. The van der Waals surface area contributed by atoms with Crippen LogP contribution in [-0.4, -0.2) is 50.0 Å².